The highest BCUT2D eigenvalue weighted by Gasteiger charge is 2.48. The fourth-order valence-electron chi connectivity index (χ4n) is 2.26. The molecule has 0 spiro atoms. The summed E-state index contributed by atoms with van der Waals surface area (Å²) in [6.07, 6.45) is 1.53. The van der Waals surface area contributed by atoms with E-state index in [1.54, 1.807) is 11.8 Å². The smallest absolute Gasteiger partial charge is 0.317 e. The average Bonchev–Trinajstić information content (AvgIpc) is 2.63. The lowest BCUT2D eigenvalue weighted by Gasteiger charge is -2.21. The topological polar surface area (TPSA) is 69.6 Å². The summed E-state index contributed by atoms with van der Waals surface area (Å²) in [4.78, 5) is 24.6. The van der Waals surface area contributed by atoms with Gasteiger partial charge in [-0.05, 0) is 25.2 Å². The highest BCUT2D eigenvalue weighted by atomic mass is 16.4. The zero-order chi connectivity index (χ0) is 12.8. The lowest BCUT2D eigenvalue weighted by Crippen LogP contribution is -2.42. The van der Waals surface area contributed by atoms with Gasteiger partial charge in [-0.15, -0.1) is 0 Å². The Kier molecular flexibility index (Phi) is 2.60. The molecule has 2 N–H and O–H groups in total. The second-order valence-corrected chi connectivity index (χ2v) is 6.23. The number of urea groups is 1. The predicted octanol–water partition coefficient (Wildman–Crippen LogP) is 1.29. The number of carboxylic acid groups (broad SMARTS) is 1. The van der Waals surface area contributed by atoms with Crippen molar-refractivity contribution in [2.24, 2.45) is 10.8 Å². The van der Waals surface area contributed by atoms with Gasteiger partial charge in [0.05, 0.1) is 5.41 Å². The maximum Gasteiger partial charge on any atom is 0.317 e. The lowest BCUT2D eigenvalue weighted by molar-refractivity contribution is -0.146. The van der Waals surface area contributed by atoms with Crippen molar-refractivity contribution in [3.05, 3.63) is 0 Å². The van der Waals surface area contributed by atoms with Crippen LogP contribution in [0.4, 0.5) is 4.79 Å². The minimum Gasteiger partial charge on any atom is -0.481 e. The molecular weight excluding hydrogens is 220 g/mol. The minimum atomic E-state index is -0.820. The van der Waals surface area contributed by atoms with Crippen molar-refractivity contribution in [2.75, 3.05) is 13.1 Å². The van der Waals surface area contributed by atoms with Crippen LogP contribution < -0.4 is 5.32 Å². The van der Waals surface area contributed by atoms with Crippen molar-refractivity contribution in [3.8, 4) is 0 Å². The fraction of sp³-hybridized carbons (Fsp3) is 0.833. The Morgan fingerprint density at radius 2 is 1.94 bits per heavy atom. The number of carbonyl (C=O) groups excluding carboxylic acids is 1. The fourth-order valence-corrected chi connectivity index (χ4v) is 2.26. The van der Waals surface area contributed by atoms with E-state index in [0.717, 1.165) is 6.42 Å². The standard InChI is InChI=1S/C12H20N2O3/c1-11(2)6-8(11)13-10(17)14-5-4-12(3,7-14)9(15)16/h8H,4-7H2,1-3H3,(H,13,17)(H,15,16). The summed E-state index contributed by atoms with van der Waals surface area (Å²) in [5, 5.41) is 12.0. The van der Waals surface area contributed by atoms with Crippen molar-refractivity contribution in [1.29, 1.82) is 0 Å². The van der Waals surface area contributed by atoms with E-state index in [0.29, 0.717) is 19.5 Å². The Balaban J connectivity index is 1.89. The summed E-state index contributed by atoms with van der Waals surface area (Å²) in [7, 11) is 0. The van der Waals surface area contributed by atoms with Gasteiger partial charge < -0.3 is 15.3 Å². The number of hydrogen-bond acceptors (Lipinski definition) is 2. The highest BCUT2D eigenvalue weighted by Crippen LogP contribution is 2.44. The maximum atomic E-state index is 11.9. The van der Waals surface area contributed by atoms with Gasteiger partial charge in [-0.3, -0.25) is 4.79 Å². The van der Waals surface area contributed by atoms with Crippen LogP contribution in [0.5, 0.6) is 0 Å². The van der Waals surface area contributed by atoms with Crippen molar-refractivity contribution in [2.45, 2.75) is 39.7 Å². The van der Waals surface area contributed by atoms with E-state index in [1.807, 2.05) is 0 Å². The molecule has 2 amide bonds. The number of carboxylic acids is 1. The maximum absolute atomic E-state index is 11.9. The van der Waals surface area contributed by atoms with Gasteiger partial charge in [0, 0.05) is 19.1 Å². The largest absolute Gasteiger partial charge is 0.481 e. The molecule has 2 aliphatic rings. The van der Waals surface area contributed by atoms with Gasteiger partial charge in [0.15, 0.2) is 0 Å². The quantitative estimate of drug-likeness (QED) is 0.764. The van der Waals surface area contributed by atoms with Crippen LogP contribution in [0.1, 0.15) is 33.6 Å². The van der Waals surface area contributed by atoms with E-state index < -0.39 is 11.4 Å². The first-order valence-corrected chi connectivity index (χ1v) is 6.03. The molecule has 1 aliphatic heterocycles. The first-order valence-electron chi connectivity index (χ1n) is 6.03. The highest BCUT2D eigenvalue weighted by molar-refractivity contribution is 5.79. The monoisotopic (exact) mass is 240 g/mol. The van der Waals surface area contributed by atoms with Crippen LogP contribution >= 0.6 is 0 Å². The Hall–Kier alpha value is -1.26. The van der Waals surface area contributed by atoms with Crippen molar-refractivity contribution in [1.82, 2.24) is 10.2 Å². The molecule has 0 bridgehead atoms. The van der Waals surface area contributed by atoms with Gasteiger partial charge >= 0.3 is 12.0 Å². The number of hydrogen-bond donors (Lipinski definition) is 2. The second-order valence-electron chi connectivity index (χ2n) is 6.23. The number of amides is 2. The van der Waals surface area contributed by atoms with Gasteiger partial charge in [0.25, 0.3) is 0 Å². The first-order chi connectivity index (χ1) is 7.74. The Morgan fingerprint density at radius 1 is 1.35 bits per heavy atom. The molecule has 2 unspecified atom stereocenters. The molecule has 2 atom stereocenters. The average molecular weight is 240 g/mol. The molecule has 0 aromatic carbocycles. The molecule has 5 heteroatoms. The summed E-state index contributed by atoms with van der Waals surface area (Å²) in [5.41, 5.74) is -0.581. The van der Waals surface area contributed by atoms with E-state index >= 15 is 0 Å². The molecule has 1 saturated carbocycles. The summed E-state index contributed by atoms with van der Waals surface area (Å²) >= 11 is 0. The van der Waals surface area contributed by atoms with Crippen molar-refractivity contribution < 1.29 is 14.7 Å². The first kappa shape index (κ1) is 12.2. The number of rotatable bonds is 2. The number of aliphatic carboxylic acids is 1. The zero-order valence-corrected chi connectivity index (χ0v) is 10.6. The van der Waals surface area contributed by atoms with Gasteiger partial charge in [-0.2, -0.15) is 0 Å². The molecule has 17 heavy (non-hydrogen) atoms. The molecule has 0 aromatic rings. The minimum absolute atomic E-state index is 0.120. The van der Waals surface area contributed by atoms with Crippen LogP contribution in [0.25, 0.3) is 0 Å². The third kappa shape index (κ3) is 2.23. The molecule has 0 aromatic heterocycles. The number of likely N-dealkylation sites (tertiary alicyclic amines) is 1. The van der Waals surface area contributed by atoms with Crippen LogP contribution in [-0.2, 0) is 4.79 Å². The lowest BCUT2D eigenvalue weighted by atomic mass is 9.90. The van der Waals surface area contributed by atoms with Crippen molar-refractivity contribution >= 4 is 12.0 Å². The second kappa shape index (κ2) is 3.62. The van der Waals surface area contributed by atoms with E-state index in [4.69, 9.17) is 5.11 Å². The molecule has 2 fully saturated rings. The summed E-state index contributed by atoms with van der Waals surface area (Å²) < 4.78 is 0. The molecule has 1 heterocycles. The number of nitrogens with one attached hydrogen (secondary N) is 1. The van der Waals surface area contributed by atoms with Gasteiger partial charge in [-0.1, -0.05) is 13.8 Å². The molecule has 5 nitrogen and oxygen atoms in total. The molecular formula is C12H20N2O3. The zero-order valence-electron chi connectivity index (χ0n) is 10.6. The Morgan fingerprint density at radius 3 is 2.35 bits per heavy atom. The van der Waals surface area contributed by atoms with E-state index in [9.17, 15) is 9.59 Å². The molecule has 0 radical (unpaired) electrons. The summed E-state index contributed by atoms with van der Waals surface area (Å²) in [5.74, 6) is -0.820. The third-order valence-corrected chi connectivity index (χ3v) is 4.09. The molecule has 1 aliphatic carbocycles. The molecule has 96 valence electrons. The number of carbonyl (C=O) groups is 2. The van der Waals surface area contributed by atoms with Crippen molar-refractivity contribution in [3.63, 3.8) is 0 Å². The Labute approximate surface area is 101 Å². The summed E-state index contributed by atoms with van der Waals surface area (Å²) in [6, 6.07) is 0.122. The SMILES string of the molecule is CC1(C(=O)O)CCN(C(=O)NC2CC2(C)C)C1. The van der Waals surface area contributed by atoms with E-state index in [1.165, 1.54) is 0 Å². The van der Waals surface area contributed by atoms with Gasteiger partial charge in [0.2, 0.25) is 0 Å². The molecule has 1 saturated heterocycles. The van der Waals surface area contributed by atoms with Crippen LogP contribution in [0.2, 0.25) is 0 Å². The van der Waals surface area contributed by atoms with Crippen LogP contribution in [0.15, 0.2) is 0 Å². The van der Waals surface area contributed by atoms with E-state index in [2.05, 4.69) is 19.2 Å². The predicted molar refractivity (Wildman–Crippen MR) is 62.7 cm³/mol. The molecule has 2 rings (SSSR count). The third-order valence-electron chi connectivity index (χ3n) is 4.09. The van der Waals surface area contributed by atoms with Gasteiger partial charge in [0.1, 0.15) is 0 Å². The van der Waals surface area contributed by atoms with Crippen LogP contribution in [0, 0.1) is 10.8 Å². The number of nitrogens with zero attached hydrogens (tertiary/aromatic N) is 1. The van der Waals surface area contributed by atoms with Crippen LogP contribution in [-0.4, -0.2) is 41.1 Å². The normalized spacial score (nSPS) is 34.5. The Bertz CT molecular complexity index is 367. The van der Waals surface area contributed by atoms with E-state index in [-0.39, 0.29) is 17.5 Å². The van der Waals surface area contributed by atoms with Gasteiger partial charge in [-0.25, -0.2) is 4.79 Å². The summed E-state index contributed by atoms with van der Waals surface area (Å²) in [6.45, 7) is 6.76. The van der Waals surface area contributed by atoms with Crippen LogP contribution in [0.3, 0.4) is 0 Å².